The molecule has 5 heteroatoms. The Morgan fingerprint density at radius 1 is 1.58 bits per heavy atom. The molecule has 0 aromatic carbocycles. The van der Waals surface area contributed by atoms with Crippen molar-refractivity contribution in [1.82, 2.24) is 15.1 Å². The van der Waals surface area contributed by atoms with Gasteiger partial charge >= 0.3 is 0 Å². The molecule has 2 unspecified atom stereocenters. The highest BCUT2D eigenvalue weighted by atomic mass is 32.1. The SMILES string of the molecule is CCCNCC(/C=C/C=C(\S)c1ccnn1C)C1CC=CC=C1F. The summed E-state index contributed by atoms with van der Waals surface area (Å²) >= 11 is 4.53. The van der Waals surface area contributed by atoms with Crippen molar-refractivity contribution in [2.75, 3.05) is 13.1 Å². The highest BCUT2D eigenvalue weighted by molar-refractivity contribution is 7.90. The molecule has 130 valence electrons. The highest BCUT2D eigenvalue weighted by Crippen LogP contribution is 2.30. The number of allylic oxidation sites excluding steroid dienone is 6. The maximum Gasteiger partial charge on any atom is 0.104 e. The van der Waals surface area contributed by atoms with Crippen LogP contribution in [0.2, 0.25) is 0 Å². The van der Waals surface area contributed by atoms with Gasteiger partial charge in [0, 0.05) is 30.6 Å². The summed E-state index contributed by atoms with van der Waals surface area (Å²) in [5, 5.41) is 7.55. The van der Waals surface area contributed by atoms with E-state index in [2.05, 4.69) is 36.0 Å². The third-order valence-electron chi connectivity index (χ3n) is 4.16. The van der Waals surface area contributed by atoms with Gasteiger partial charge in [-0.05, 0) is 43.5 Å². The first-order valence-electron chi connectivity index (χ1n) is 8.42. The van der Waals surface area contributed by atoms with Crippen LogP contribution in [0.25, 0.3) is 4.91 Å². The van der Waals surface area contributed by atoms with E-state index in [4.69, 9.17) is 0 Å². The summed E-state index contributed by atoms with van der Waals surface area (Å²) in [5.74, 6) is -0.0158. The van der Waals surface area contributed by atoms with E-state index in [9.17, 15) is 4.39 Å². The van der Waals surface area contributed by atoms with Crippen molar-refractivity contribution in [3.63, 3.8) is 0 Å². The number of nitrogens with one attached hydrogen (secondary N) is 1. The Bertz CT molecular complexity index is 643. The zero-order valence-electron chi connectivity index (χ0n) is 14.3. The number of rotatable bonds is 8. The van der Waals surface area contributed by atoms with Gasteiger partial charge in [-0.1, -0.05) is 31.2 Å². The number of thiol groups is 1. The molecule has 1 N–H and O–H groups in total. The second-order valence-corrected chi connectivity index (χ2v) is 6.45. The predicted molar refractivity (Wildman–Crippen MR) is 102 cm³/mol. The lowest BCUT2D eigenvalue weighted by atomic mass is 9.85. The fraction of sp³-hybridized carbons (Fsp3) is 0.421. The van der Waals surface area contributed by atoms with Crippen LogP contribution in [-0.2, 0) is 7.05 Å². The summed E-state index contributed by atoms with van der Waals surface area (Å²) in [4.78, 5) is 0.839. The lowest BCUT2D eigenvalue weighted by molar-refractivity contribution is 0.360. The summed E-state index contributed by atoms with van der Waals surface area (Å²) in [6.45, 7) is 3.85. The molecule has 0 fully saturated rings. The first-order chi connectivity index (χ1) is 11.6. The molecule has 0 radical (unpaired) electrons. The van der Waals surface area contributed by atoms with E-state index in [-0.39, 0.29) is 17.7 Å². The normalized spacial score (nSPS) is 19.8. The van der Waals surface area contributed by atoms with Crippen molar-refractivity contribution in [1.29, 1.82) is 0 Å². The van der Waals surface area contributed by atoms with Gasteiger partial charge in [-0.3, -0.25) is 4.68 Å². The number of aromatic nitrogens is 2. The van der Waals surface area contributed by atoms with Gasteiger partial charge in [0.15, 0.2) is 0 Å². The minimum absolute atomic E-state index is 0.0350. The van der Waals surface area contributed by atoms with E-state index in [0.717, 1.165) is 36.5 Å². The molecule has 0 bridgehead atoms. The fourth-order valence-electron chi connectivity index (χ4n) is 2.79. The van der Waals surface area contributed by atoms with Crippen molar-refractivity contribution in [3.05, 3.63) is 60.2 Å². The first-order valence-corrected chi connectivity index (χ1v) is 8.87. The zero-order valence-corrected chi connectivity index (χ0v) is 15.2. The van der Waals surface area contributed by atoms with E-state index in [1.54, 1.807) is 23.0 Å². The standard InChI is InChI=1S/C19H26FN3S/c1-3-12-21-14-15(16-8-4-5-9-17(16)20)7-6-10-19(24)18-11-13-22-23(18)2/h4-7,9-11,13,15-16,21,24H,3,8,12,14H2,1-2H3/b7-6+,19-10-. The van der Waals surface area contributed by atoms with Crippen LogP contribution in [0.15, 0.2) is 54.5 Å². The molecule has 1 aromatic rings. The van der Waals surface area contributed by atoms with Crippen molar-refractivity contribution in [3.8, 4) is 0 Å². The predicted octanol–water partition coefficient (Wildman–Crippen LogP) is 4.29. The van der Waals surface area contributed by atoms with Gasteiger partial charge in [0.25, 0.3) is 0 Å². The van der Waals surface area contributed by atoms with Gasteiger partial charge in [-0.15, -0.1) is 12.6 Å². The number of halogens is 1. The summed E-state index contributed by atoms with van der Waals surface area (Å²) in [5.41, 5.74) is 0.954. The Kier molecular flexibility index (Phi) is 7.53. The maximum absolute atomic E-state index is 14.2. The van der Waals surface area contributed by atoms with Gasteiger partial charge in [0.1, 0.15) is 5.83 Å². The molecule has 1 aliphatic carbocycles. The molecule has 3 nitrogen and oxygen atoms in total. The number of hydrogen-bond donors (Lipinski definition) is 2. The molecule has 0 spiro atoms. The van der Waals surface area contributed by atoms with Crippen LogP contribution in [-0.4, -0.2) is 22.9 Å². The van der Waals surface area contributed by atoms with Gasteiger partial charge in [0.05, 0.1) is 5.69 Å². The quantitative estimate of drug-likeness (QED) is 0.417. The third kappa shape index (κ3) is 5.21. The molecule has 1 heterocycles. The number of hydrogen-bond acceptors (Lipinski definition) is 3. The molecule has 0 saturated heterocycles. The second-order valence-electron chi connectivity index (χ2n) is 5.97. The van der Waals surface area contributed by atoms with Crippen molar-refractivity contribution in [2.45, 2.75) is 19.8 Å². The highest BCUT2D eigenvalue weighted by Gasteiger charge is 2.23. The Hall–Kier alpha value is -1.59. The molecular weight excluding hydrogens is 321 g/mol. The van der Waals surface area contributed by atoms with Gasteiger partial charge in [-0.2, -0.15) is 5.10 Å². The molecule has 2 rings (SSSR count). The minimum atomic E-state index is -0.0934. The van der Waals surface area contributed by atoms with Crippen LogP contribution in [0.3, 0.4) is 0 Å². The van der Waals surface area contributed by atoms with Crippen LogP contribution < -0.4 is 5.32 Å². The Morgan fingerprint density at radius 2 is 2.42 bits per heavy atom. The van der Waals surface area contributed by atoms with Crippen LogP contribution >= 0.6 is 12.6 Å². The summed E-state index contributed by atoms with van der Waals surface area (Å²) in [6.07, 6.45) is 14.9. The van der Waals surface area contributed by atoms with E-state index < -0.39 is 0 Å². The maximum atomic E-state index is 14.2. The van der Waals surface area contributed by atoms with Crippen molar-refractivity contribution < 1.29 is 4.39 Å². The van der Waals surface area contributed by atoms with Gasteiger partial charge < -0.3 is 5.32 Å². The number of nitrogens with zero attached hydrogens (tertiary/aromatic N) is 2. The average Bonchev–Trinajstić information content (AvgIpc) is 3.00. The van der Waals surface area contributed by atoms with E-state index in [1.807, 2.05) is 31.3 Å². The third-order valence-corrected chi connectivity index (χ3v) is 4.53. The van der Waals surface area contributed by atoms with Crippen LogP contribution in [0.5, 0.6) is 0 Å². The largest absolute Gasteiger partial charge is 0.316 e. The van der Waals surface area contributed by atoms with Crippen LogP contribution in [0.1, 0.15) is 25.5 Å². The summed E-state index contributed by atoms with van der Waals surface area (Å²) < 4.78 is 16.0. The van der Waals surface area contributed by atoms with Crippen LogP contribution in [0.4, 0.5) is 4.39 Å². The second kappa shape index (κ2) is 9.64. The minimum Gasteiger partial charge on any atom is -0.316 e. The lowest BCUT2D eigenvalue weighted by Crippen LogP contribution is -2.28. The Labute approximate surface area is 149 Å². The van der Waals surface area contributed by atoms with Crippen LogP contribution in [0, 0.1) is 11.8 Å². The van der Waals surface area contributed by atoms with Crippen molar-refractivity contribution in [2.24, 2.45) is 18.9 Å². The van der Waals surface area contributed by atoms with Gasteiger partial charge in [0.2, 0.25) is 0 Å². The lowest BCUT2D eigenvalue weighted by Gasteiger charge is -2.24. The molecule has 0 amide bonds. The Balaban J connectivity index is 2.08. The molecule has 1 aliphatic rings. The first kappa shape index (κ1) is 18.7. The van der Waals surface area contributed by atoms with E-state index in [1.165, 1.54) is 0 Å². The molecule has 0 saturated carbocycles. The van der Waals surface area contributed by atoms with E-state index >= 15 is 0 Å². The van der Waals surface area contributed by atoms with Crippen molar-refractivity contribution >= 4 is 17.5 Å². The average molecular weight is 348 g/mol. The molecule has 1 aromatic heterocycles. The Morgan fingerprint density at radius 3 is 3.08 bits per heavy atom. The topological polar surface area (TPSA) is 29.9 Å². The zero-order chi connectivity index (χ0) is 17.4. The molecule has 0 aliphatic heterocycles. The monoisotopic (exact) mass is 347 g/mol. The smallest absolute Gasteiger partial charge is 0.104 e. The van der Waals surface area contributed by atoms with E-state index in [0.29, 0.717) is 0 Å². The fourth-order valence-corrected chi connectivity index (χ4v) is 3.10. The summed E-state index contributed by atoms with van der Waals surface area (Å²) in [6, 6.07) is 1.92. The van der Waals surface area contributed by atoms with Gasteiger partial charge in [-0.25, -0.2) is 4.39 Å². The molecule has 24 heavy (non-hydrogen) atoms. The molecule has 2 atom stereocenters. The summed E-state index contributed by atoms with van der Waals surface area (Å²) in [7, 11) is 1.88. The number of aryl methyl sites for hydroxylation is 1. The molecular formula is C19H26FN3S.